The first kappa shape index (κ1) is 23.3. The van der Waals surface area contributed by atoms with Gasteiger partial charge in [0.15, 0.2) is 0 Å². The van der Waals surface area contributed by atoms with E-state index in [1.54, 1.807) is 46.4 Å². The summed E-state index contributed by atoms with van der Waals surface area (Å²) < 4.78 is 11.5. The highest BCUT2D eigenvalue weighted by Gasteiger charge is 2.66. The summed E-state index contributed by atoms with van der Waals surface area (Å²) in [6.07, 6.45) is -0.0628. The molecule has 4 atom stereocenters. The molecule has 1 spiro atoms. The number of carbonyl (C=O) groups excluding carboxylic acids is 4. The van der Waals surface area contributed by atoms with Crippen molar-refractivity contribution in [1.82, 2.24) is 14.7 Å². The number of carbonyl (C=O) groups is 4. The summed E-state index contributed by atoms with van der Waals surface area (Å²) in [4.78, 5) is 55.5. The Balaban J connectivity index is 1.90. The van der Waals surface area contributed by atoms with Gasteiger partial charge in [-0.05, 0) is 61.3 Å². The molecule has 0 aromatic heterocycles. The van der Waals surface area contributed by atoms with Gasteiger partial charge in [0.25, 0.3) is 5.91 Å². The molecule has 3 unspecified atom stereocenters. The SMILES string of the molecule is CC1N(CC(N)=O)C(=O)C12CCCN2C(=O)C1[C@@H](C)OC(C)(C)N1C(=O)OC(C)(C)C. The van der Waals surface area contributed by atoms with E-state index in [1.807, 2.05) is 6.92 Å². The molecule has 10 heteroatoms. The normalized spacial score (nSPS) is 32.4. The Hall–Kier alpha value is -2.36. The zero-order valence-electron chi connectivity index (χ0n) is 19.4. The minimum absolute atomic E-state index is 0.177. The van der Waals surface area contributed by atoms with Gasteiger partial charge in [0.2, 0.25) is 11.8 Å². The molecule has 0 saturated carbocycles. The summed E-state index contributed by atoms with van der Waals surface area (Å²) in [7, 11) is 0. The van der Waals surface area contributed by atoms with Gasteiger partial charge in [-0.2, -0.15) is 0 Å². The van der Waals surface area contributed by atoms with Crippen molar-refractivity contribution in [3.8, 4) is 0 Å². The second-order valence-corrected chi connectivity index (χ2v) is 10.2. The summed E-state index contributed by atoms with van der Waals surface area (Å²) in [6, 6.07) is -1.27. The fraction of sp³-hybridized carbons (Fsp3) is 0.810. The van der Waals surface area contributed by atoms with Crippen LogP contribution in [0.15, 0.2) is 0 Å². The quantitative estimate of drug-likeness (QED) is 0.651. The molecular weight excluding hydrogens is 404 g/mol. The van der Waals surface area contributed by atoms with E-state index in [0.29, 0.717) is 19.4 Å². The maximum atomic E-state index is 13.8. The fourth-order valence-electron chi connectivity index (χ4n) is 5.21. The average molecular weight is 439 g/mol. The third-order valence-corrected chi connectivity index (χ3v) is 6.42. The van der Waals surface area contributed by atoms with Gasteiger partial charge in [0, 0.05) is 6.54 Å². The van der Waals surface area contributed by atoms with E-state index in [9.17, 15) is 19.2 Å². The molecule has 10 nitrogen and oxygen atoms in total. The Morgan fingerprint density at radius 1 is 1.23 bits per heavy atom. The van der Waals surface area contributed by atoms with E-state index in [4.69, 9.17) is 15.2 Å². The van der Waals surface area contributed by atoms with Crippen LogP contribution < -0.4 is 5.73 Å². The van der Waals surface area contributed by atoms with Gasteiger partial charge in [0.05, 0.1) is 18.7 Å². The Morgan fingerprint density at radius 3 is 2.35 bits per heavy atom. The van der Waals surface area contributed by atoms with Crippen molar-refractivity contribution in [2.45, 2.75) is 96.4 Å². The van der Waals surface area contributed by atoms with E-state index in [1.165, 1.54) is 9.80 Å². The molecule has 0 aromatic carbocycles. The van der Waals surface area contributed by atoms with Gasteiger partial charge in [-0.1, -0.05) is 0 Å². The molecule has 0 bridgehead atoms. The molecule has 0 aromatic rings. The lowest BCUT2D eigenvalue weighted by Crippen LogP contribution is -2.79. The highest BCUT2D eigenvalue weighted by Crippen LogP contribution is 2.46. The molecular formula is C21H34N4O6. The summed E-state index contributed by atoms with van der Waals surface area (Å²) >= 11 is 0. The van der Waals surface area contributed by atoms with E-state index < -0.39 is 41.0 Å². The lowest BCUT2D eigenvalue weighted by molar-refractivity contribution is -0.179. The van der Waals surface area contributed by atoms with Crippen molar-refractivity contribution in [2.75, 3.05) is 13.1 Å². The molecule has 31 heavy (non-hydrogen) atoms. The first-order valence-corrected chi connectivity index (χ1v) is 10.7. The Kier molecular flexibility index (Phi) is 5.53. The molecule has 0 radical (unpaired) electrons. The largest absolute Gasteiger partial charge is 0.444 e. The third kappa shape index (κ3) is 3.64. The topological polar surface area (TPSA) is 122 Å². The van der Waals surface area contributed by atoms with Gasteiger partial charge >= 0.3 is 6.09 Å². The lowest BCUT2D eigenvalue weighted by Gasteiger charge is -2.56. The first-order chi connectivity index (χ1) is 14.1. The minimum Gasteiger partial charge on any atom is -0.444 e. The van der Waals surface area contributed by atoms with Crippen LogP contribution in [0.25, 0.3) is 0 Å². The van der Waals surface area contributed by atoms with E-state index in [0.717, 1.165) is 0 Å². The van der Waals surface area contributed by atoms with Crippen LogP contribution in [0.1, 0.15) is 61.3 Å². The van der Waals surface area contributed by atoms with Crippen LogP contribution in [-0.2, 0) is 23.9 Å². The second-order valence-electron chi connectivity index (χ2n) is 10.2. The Labute approximate surface area is 183 Å². The fourth-order valence-corrected chi connectivity index (χ4v) is 5.21. The van der Waals surface area contributed by atoms with Gasteiger partial charge in [-0.15, -0.1) is 0 Å². The van der Waals surface area contributed by atoms with Gasteiger partial charge in [-0.25, -0.2) is 4.79 Å². The Morgan fingerprint density at radius 2 is 1.84 bits per heavy atom. The van der Waals surface area contributed by atoms with Crippen molar-refractivity contribution >= 4 is 23.8 Å². The predicted octanol–water partition coefficient (Wildman–Crippen LogP) is 0.824. The molecule has 2 N–H and O–H groups in total. The van der Waals surface area contributed by atoms with Crippen LogP contribution in [0.2, 0.25) is 0 Å². The molecule has 3 aliphatic rings. The summed E-state index contributed by atoms with van der Waals surface area (Å²) in [6.45, 7) is 12.5. The monoisotopic (exact) mass is 438 g/mol. The summed E-state index contributed by atoms with van der Waals surface area (Å²) in [5.74, 6) is -1.22. The van der Waals surface area contributed by atoms with Crippen molar-refractivity contribution in [3.05, 3.63) is 0 Å². The van der Waals surface area contributed by atoms with Gasteiger partial charge < -0.3 is 25.0 Å². The van der Waals surface area contributed by atoms with E-state index >= 15 is 0 Å². The van der Waals surface area contributed by atoms with E-state index in [-0.39, 0.29) is 24.4 Å². The van der Waals surface area contributed by atoms with Crippen LogP contribution in [0.3, 0.4) is 0 Å². The summed E-state index contributed by atoms with van der Waals surface area (Å²) in [5.41, 5.74) is 2.46. The van der Waals surface area contributed by atoms with Crippen LogP contribution in [0.4, 0.5) is 4.79 Å². The zero-order chi connectivity index (χ0) is 23.5. The molecule has 174 valence electrons. The second kappa shape index (κ2) is 7.36. The molecule has 3 heterocycles. The maximum absolute atomic E-state index is 13.8. The van der Waals surface area contributed by atoms with Gasteiger partial charge in [-0.3, -0.25) is 19.3 Å². The highest BCUT2D eigenvalue weighted by atomic mass is 16.6. The number of hydrogen-bond acceptors (Lipinski definition) is 6. The number of rotatable bonds is 3. The lowest BCUT2D eigenvalue weighted by atomic mass is 9.77. The van der Waals surface area contributed by atoms with Gasteiger partial charge in [0.1, 0.15) is 22.9 Å². The van der Waals surface area contributed by atoms with Crippen molar-refractivity contribution in [3.63, 3.8) is 0 Å². The number of ether oxygens (including phenoxy) is 2. The van der Waals surface area contributed by atoms with Crippen molar-refractivity contribution < 1.29 is 28.7 Å². The minimum atomic E-state index is -1.05. The standard InChI is InChI=1S/C21H34N4O6/c1-12-15(25(20(6,7)30-12)18(29)31-19(3,4)5)16(27)24-10-8-9-21(24)13(2)23(17(21)28)11-14(22)26/h12-13,15H,8-11H2,1-7H3,(H2,22,26)/t12-,13?,15?,21?/m1/s1. The average Bonchev–Trinajstić information content (AvgIpc) is 3.16. The number of hydrogen-bond donors (Lipinski definition) is 1. The smallest absolute Gasteiger partial charge is 0.413 e. The van der Waals surface area contributed by atoms with Crippen molar-refractivity contribution in [1.29, 1.82) is 0 Å². The third-order valence-electron chi connectivity index (χ3n) is 6.42. The summed E-state index contributed by atoms with van der Waals surface area (Å²) in [5, 5.41) is 0. The number of nitrogens with zero attached hydrogens (tertiary/aromatic N) is 3. The first-order valence-electron chi connectivity index (χ1n) is 10.7. The maximum Gasteiger partial charge on any atom is 0.413 e. The molecule has 3 rings (SSSR count). The van der Waals surface area contributed by atoms with E-state index in [2.05, 4.69) is 0 Å². The Bertz CT molecular complexity index is 806. The number of amides is 4. The number of primary amides is 1. The molecule has 3 aliphatic heterocycles. The van der Waals surface area contributed by atoms with Crippen LogP contribution in [0, 0.1) is 0 Å². The number of likely N-dealkylation sites (tertiary alicyclic amines) is 2. The molecule has 0 aliphatic carbocycles. The molecule has 3 fully saturated rings. The van der Waals surface area contributed by atoms with Crippen LogP contribution in [0.5, 0.6) is 0 Å². The predicted molar refractivity (Wildman–Crippen MR) is 111 cm³/mol. The zero-order valence-corrected chi connectivity index (χ0v) is 19.4. The molecule has 3 saturated heterocycles. The van der Waals surface area contributed by atoms with Crippen LogP contribution in [-0.4, -0.2) is 86.7 Å². The molecule has 4 amide bonds. The highest BCUT2D eigenvalue weighted by molar-refractivity contribution is 6.01. The van der Waals surface area contributed by atoms with Crippen molar-refractivity contribution in [2.24, 2.45) is 5.73 Å². The van der Waals surface area contributed by atoms with Crippen LogP contribution >= 0.6 is 0 Å². The number of β-lactam (4-membered cyclic amide) rings is 1. The number of nitrogens with two attached hydrogens (primary N) is 1.